The Morgan fingerprint density at radius 2 is 2.12 bits per heavy atom. The molecule has 1 aromatic rings. The van der Waals surface area contributed by atoms with E-state index in [1.165, 1.54) is 17.7 Å². The summed E-state index contributed by atoms with van der Waals surface area (Å²) in [6, 6.07) is 6.26. The number of nitrogens with one attached hydrogen (secondary N) is 2. The van der Waals surface area contributed by atoms with Crippen molar-refractivity contribution in [2.24, 2.45) is 0 Å². The Labute approximate surface area is 94.6 Å². The number of nitrogens with zero attached hydrogens (tertiary/aromatic N) is 1. The minimum atomic E-state index is 0.00996. The van der Waals surface area contributed by atoms with Crippen molar-refractivity contribution in [2.75, 3.05) is 29.9 Å². The molecule has 16 heavy (non-hydrogen) atoms. The van der Waals surface area contributed by atoms with Crippen LogP contribution in [0, 0.1) is 0 Å². The summed E-state index contributed by atoms with van der Waals surface area (Å²) in [4.78, 5) is 13.3. The molecule has 1 aromatic carbocycles. The van der Waals surface area contributed by atoms with Crippen LogP contribution in [0.4, 0.5) is 16.2 Å². The maximum Gasteiger partial charge on any atom is 0.321 e. The summed E-state index contributed by atoms with van der Waals surface area (Å²) in [5, 5.41) is 6.20. The van der Waals surface area contributed by atoms with Crippen molar-refractivity contribution in [3.8, 4) is 0 Å². The zero-order valence-electron chi connectivity index (χ0n) is 9.12. The molecule has 0 atom stereocenters. The summed E-state index contributed by atoms with van der Waals surface area (Å²) < 4.78 is 0. The number of amides is 2. The predicted octanol–water partition coefficient (Wildman–Crippen LogP) is 1.57. The fraction of sp³-hybridized carbons (Fsp3) is 0.417. The number of carbonyl (C=O) groups is 1. The van der Waals surface area contributed by atoms with Crippen LogP contribution in [0.1, 0.15) is 12.0 Å². The van der Waals surface area contributed by atoms with Crippen molar-refractivity contribution in [3.05, 3.63) is 23.8 Å². The third-order valence-corrected chi connectivity index (χ3v) is 3.20. The highest BCUT2D eigenvalue weighted by atomic mass is 16.2. The highest BCUT2D eigenvalue weighted by Gasteiger charge is 2.22. The summed E-state index contributed by atoms with van der Waals surface area (Å²) in [7, 11) is 0. The van der Waals surface area contributed by atoms with Gasteiger partial charge in [0, 0.05) is 31.0 Å². The number of rotatable bonds is 1. The first kappa shape index (κ1) is 9.51. The molecule has 4 heteroatoms. The SMILES string of the molecule is O=C1NCCN1c1ccc2c(c1)NCCC2. The van der Waals surface area contributed by atoms with Gasteiger partial charge in [-0.15, -0.1) is 0 Å². The smallest absolute Gasteiger partial charge is 0.321 e. The van der Waals surface area contributed by atoms with E-state index in [9.17, 15) is 4.79 Å². The normalized spacial score (nSPS) is 19.0. The van der Waals surface area contributed by atoms with Crippen LogP contribution in [0.5, 0.6) is 0 Å². The van der Waals surface area contributed by atoms with E-state index in [0.29, 0.717) is 0 Å². The molecule has 4 nitrogen and oxygen atoms in total. The van der Waals surface area contributed by atoms with Crippen LogP contribution < -0.4 is 15.5 Å². The Bertz CT molecular complexity index is 430. The van der Waals surface area contributed by atoms with Gasteiger partial charge in [-0.3, -0.25) is 4.90 Å². The van der Waals surface area contributed by atoms with Gasteiger partial charge < -0.3 is 10.6 Å². The molecule has 0 unspecified atom stereocenters. The van der Waals surface area contributed by atoms with Gasteiger partial charge in [0.25, 0.3) is 0 Å². The van der Waals surface area contributed by atoms with Crippen LogP contribution in [0.3, 0.4) is 0 Å². The van der Waals surface area contributed by atoms with Gasteiger partial charge in [0.15, 0.2) is 0 Å². The summed E-state index contributed by atoms with van der Waals surface area (Å²) in [5.41, 5.74) is 3.53. The highest BCUT2D eigenvalue weighted by molar-refractivity contribution is 5.94. The van der Waals surface area contributed by atoms with Crippen LogP contribution in [-0.4, -0.2) is 25.7 Å². The summed E-state index contributed by atoms with van der Waals surface area (Å²) in [6.45, 7) is 2.53. The van der Waals surface area contributed by atoms with Gasteiger partial charge in [0.05, 0.1) is 0 Å². The molecule has 2 aliphatic rings. The average molecular weight is 217 g/mol. The Kier molecular flexibility index (Phi) is 2.20. The zero-order chi connectivity index (χ0) is 11.0. The third kappa shape index (κ3) is 1.50. The van der Waals surface area contributed by atoms with Gasteiger partial charge in [0.2, 0.25) is 0 Å². The Hall–Kier alpha value is -1.71. The van der Waals surface area contributed by atoms with Gasteiger partial charge in [0.1, 0.15) is 0 Å². The number of hydrogen-bond donors (Lipinski definition) is 2. The lowest BCUT2D eigenvalue weighted by Gasteiger charge is -2.21. The van der Waals surface area contributed by atoms with Crippen LogP contribution in [-0.2, 0) is 6.42 Å². The molecule has 2 aliphatic heterocycles. The van der Waals surface area contributed by atoms with Gasteiger partial charge in [-0.25, -0.2) is 4.79 Å². The van der Waals surface area contributed by atoms with E-state index in [1.807, 2.05) is 6.07 Å². The Morgan fingerprint density at radius 1 is 1.19 bits per heavy atom. The third-order valence-electron chi connectivity index (χ3n) is 3.20. The number of urea groups is 1. The van der Waals surface area contributed by atoms with Crippen molar-refractivity contribution < 1.29 is 4.79 Å². The number of aryl methyl sites for hydroxylation is 1. The molecule has 0 saturated carbocycles. The first-order chi connectivity index (χ1) is 7.84. The van der Waals surface area contributed by atoms with E-state index in [0.717, 1.165) is 31.7 Å². The van der Waals surface area contributed by atoms with E-state index in [2.05, 4.69) is 22.8 Å². The van der Waals surface area contributed by atoms with E-state index in [1.54, 1.807) is 4.90 Å². The topological polar surface area (TPSA) is 44.4 Å². The van der Waals surface area contributed by atoms with Gasteiger partial charge in [-0.05, 0) is 30.5 Å². The van der Waals surface area contributed by atoms with E-state index in [-0.39, 0.29) is 6.03 Å². The van der Waals surface area contributed by atoms with Crippen molar-refractivity contribution in [3.63, 3.8) is 0 Å². The highest BCUT2D eigenvalue weighted by Crippen LogP contribution is 2.27. The maximum absolute atomic E-state index is 11.5. The van der Waals surface area contributed by atoms with Crippen LogP contribution in [0.15, 0.2) is 18.2 Å². The van der Waals surface area contributed by atoms with Crippen molar-refractivity contribution in [1.82, 2.24) is 5.32 Å². The second-order valence-corrected chi connectivity index (χ2v) is 4.26. The van der Waals surface area contributed by atoms with Crippen molar-refractivity contribution in [2.45, 2.75) is 12.8 Å². The molecular weight excluding hydrogens is 202 g/mol. The quantitative estimate of drug-likeness (QED) is 0.750. The number of fused-ring (bicyclic) bond motifs is 1. The second-order valence-electron chi connectivity index (χ2n) is 4.26. The molecule has 2 N–H and O–H groups in total. The Morgan fingerprint density at radius 3 is 2.94 bits per heavy atom. The molecule has 2 heterocycles. The maximum atomic E-state index is 11.5. The molecule has 0 aliphatic carbocycles. The monoisotopic (exact) mass is 217 g/mol. The molecule has 0 aromatic heterocycles. The first-order valence-corrected chi connectivity index (χ1v) is 5.77. The molecule has 0 radical (unpaired) electrons. The second kappa shape index (κ2) is 3.70. The number of benzene rings is 1. The molecule has 2 amide bonds. The first-order valence-electron chi connectivity index (χ1n) is 5.77. The number of carbonyl (C=O) groups excluding carboxylic acids is 1. The van der Waals surface area contributed by atoms with Crippen molar-refractivity contribution in [1.29, 1.82) is 0 Å². The Balaban J connectivity index is 1.93. The van der Waals surface area contributed by atoms with E-state index < -0.39 is 0 Å². The van der Waals surface area contributed by atoms with Gasteiger partial charge in [-0.2, -0.15) is 0 Å². The van der Waals surface area contributed by atoms with Crippen LogP contribution in [0.25, 0.3) is 0 Å². The van der Waals surface area contributed by atoms with E-state index in [4.69, 9.17) is 0 Å². The van der Waals surface area contributed by atoms with Gasteiger partial charge in [-0.1, -0.05) is 6.07 Å². The summed E-state index contributed by atoms with van der Waals surface area (Å²) >= 11 is 0. The van der Waals surface area contributed by atoms with E-state index >= 15 is 0 Å². The average Bonchev–Trinajstić information content (AvgIpc) is 2.75. The molecule has 84 valence electrons. The zero-order valence-corrected chi connectivity index (χ0v) is 9.12. The van der Waals surface area contributed by atoms with Gasteiger partial charge >= 0.3 is 6.03 Å². The fourth-order valence-electron chi connectivity index (χ4n) is 2.33. The number of anilines is 2. The lowest BCUT2D eigenvalue weighted by atomic mass is 10.0. The van der Waals surface area contributed by atoms with Crippen LogP contribution in [0.2, 0.25) is 0 Å². The molecule has 0 spiro atoms. The standard InChI is InChI=1S/C12H15N3O/c16-12-14-6-7-15(12)10-4-3-9-2-1-5-13-11(9)8-10/h3-4,8,13H,1-2,5-7H2,(H,14,16). The molecule has 1 saturated heterocycles. The molecular formula is C12H15N3O. The predicted molar refractivity (Wildman–Crippen MR) is 64.0 cm³/mol. The summed E-state index contributed by atoms with van der Waals surface area (Å²) in [5.74, 6) is 0. The molecule has 3 rings (SSSR count). The summed E-state index contributed by atoms with van der Waals surface area (Å²) in [6.07, 6.45) is 2.32. The number of hydrogen-bond acceptors (Lipinski definition) is 2. The molecule has 0 bridgehead atoms. The minimum Gasteiger partial charge on any atom is -0.385 e. The van der Waals surface area contributed by atoms with Crippen molar-refractivity contribution >= 4 is 17.4 Å². The van der Waals surface area contributed by atoms with Crippen LogP contribution >= 0.6 is 0 Å². The minimum absolute atomic E-state index is 0.00996. The lowest BCUT2D eigenvalue weighted by Crippen LogP contribution is -2.27. The lowest BCUT2D eigenvalue weighted by molar-refractivity contribution is 0.252. The largest absolute Gasteiger partial charge is 0.385 e. The fourth-order valence-corrected chi connectivity index (χ4v) is 2.33. The molecule has 1 fully saturated rings.